The molecule has 8 heteroatoms. The molecule has 7 nitrogen and oxygen atoms in total. The molecule has 1 atom stereocenters. The van der Waals surface area contributed by atoms with Crippen molar-refractivity contribution in [2.75, 3.05) is 40.0 Å². The first-order chi connectivity index (χ1) is 12.4. The Hall–Kier alpha value is -0.770. The van der Waals surface area contributed by atoms with Crippen molar-refractivity contribution < 1.29 is 18.6 Å². The molecule has 0 radical (unpaired) electrons. The fourth-order valence-corrected chi connectivity index (χ4v) is 4.04. The third-order valence-corrected chi connectivity index (χ3v) is 5.71. The summed E-state index contributed by atoms with van der Waals surface area (Å²) in [5.41, 5.74) is 0. The molecule has 0 bridgehead atoms. The van der Waals surface area contributed by atoms with Crippen LogP contribution >= 0.6 is 8.53 Å². The zero-order valence-corrected chi connectivity index (χ0v) is 17.9. The Morgan fingerprint density at radius 1 is 1.08 bits per heavy atom. The Labute approximate surface area is 160 Å². The van der Waals surface area contributed by atoms with Gasteiger partial charge in [-0.3, -0.25) is 4.79 Å². The van der Waals surface area contributed by atoms with Crippen molar-refractivity contribution >= 4 is 14.5 Å². The summed E-state index contributed by atoms with van der Waals surface area (Å²) in [6.45, 7) is 18.0. The van der Waals surface area contributed by atoms with E-state index in [-0.39, 0.29) is 12.5 Å². The number of esters is 1. The number of methoxy groups -OCH3 is 1. The number of rotatable bonds is 16. The molecule has 0 aliphatic rings. The molecule has 152 valence electrons. The van der Waals surface area contributed by atoms with Crippen LogP contribution in [0, 0.1) is 6.57 Å². The van der Waals surface area contributed by atoms with Gasteiger partial charge in [-0.15, -0.1) is 0 Å². The number of nitrogens with zero attached hydrogens (tertiary/aromatic N) is 2. The van der Waals surface area contributed by atoms with E-state index in [1.807, 2.05) is 0 Å². The lowest BCUT2D eigenvalue weighted by Crippen LogP contribution is -2.33. The van der Waals surface area contributed by atoms with Crippen molar-refractivity contribution in [2.45, 2.75) is 65.5 Å². The van der Waals surface area contributed by atoms with Crippen LogP contribution in [0.4, 0.5) is 0 Å². The number of hydrogen-bond acceptors (Lipinski definition) is 6. The molecule has 0 aliphatic heterocycles. The summed E-state index contributed by atoms with van der Waals surface area (Å²) in [5, 5.41) is 3.06. The maximum atomic E-state index is 11.0. The molecule has 0 spiro atoms. The lowest BCUT2D eigenvalue weighted by atomic mass is 10.2. The van der Waals surface area contributed by atoms with E-state index in [9.17, 15) is 4.79 Å². The minimum absolute atomic E-state index is 0.232. The van der Waals surface area contributed by atoms with Crippen molar-refractivity contribution in [3.05, 3.63) is 11.4 Å². The maximum absolute atomic E-state index is 11.0. The van der Waals surface area contributed by atoms with Crippen LogP contribution in [0.25, 0.3) is 4.85 Å². The molecular weight excluding hydrogens is 353 g/mol. The average Bonchev–Trinajstić information content (AvgIpc) is 2.59. The van der Waals surface area contributed by atoms with E-state index in [1.54, 1.807) is 0 Å². The topological polar surface area (TPSA) is 64.4 Å². The number of carbonyl (C=O) groups excluding carboxylic acids is 1. The van der Waals surface area contributed by atoms with Gasteiger partial charge in [-0.25, -0.2) is 11.2 Å². The van der Waals surface area contributed by atoms with Gasteiger partial charge in [0.1, 0.15) is 6.61 Å². The molecule has 1 unspecified atom stereocenters. The second kappa shape index (κ2) is 16.4. The summed E-state index contributed by atoms with van der Waals surface area (Å²) in [6, 6.07) is 0.657. The largest absolute Gasteiger partial charge is 0.468 e. The molecule has 0 amide bonds. The Morgan fingerprint density at radius 2 is 1.69 bits per heavy atom. The molecule has 0 heterocycles. The fraction of sp³-hybridized carbons (Fsp3) is 0.889. The second-order valence-corrected chi connectivity index (χ2v) is 7.97. The van der Waals surface area contributed by atoms with E-state index in [0.717, 1.165) is 32.2 Å². The lowest BCUT2D eigenvalue weighted by Gasteiger charge is -2.35. The first-order valence-corrected chi connectivity index (χ1v) is 10.5. The Kier molecular flexibility index (Phi) is 15.9. The van der Waals surface area contributed by atoms with E-state index >= 15 is 0 Å². The van der Waals surface area contributed by atoms with Crippen LogP contribution in [0.3, 0.4) is 0 Å². The van der Waals surface area contributed by atoms with Crippen molar-refractivity contribution in [1.29, 1.82) is 0 Å². The molecule has 26 heavy (non-hydrogen) atoms. The monoisotopic (exact) mass is 389 g/mol. The van der Waals surface area contributed by atoms with Gasteiger partial charge in [0.05, 0.1) is 20.3 Å². The molecule has 0 rings (SSSR count). The van der Waals surface area contributed by atoms with Gasteiger partial charge in [0.25, 0.3) is 8.53 Å². The minimum atomic E-state index is -1.13. The molecule has 0 saturated carbocycles. The highest BCUT2D eigenvalue weighted by Gasteiger charge is 2.27. The van der Waals surface area contributed by atoms with Gasteiger partial charge in [-0.2, -0.15) is 0 Å². The van der Waals surface area contributed by atoms with Gasteiger partial charge < -0.3 is 23.9 Å². The van der Waals surface area contributed by atoms with Crippen LogP contribution in [-0.4, -0.2) is 62.7 Å². The summed E-state index contributed by atoms with van der Waals surface area (Å²) in [4.78, 5) is 14.3. The SMILES string of the molecule is [C-]#[N+]CCOP(OCCCCCCNCC(=O)OC)N(C(C)C)C(C)C. The van der Waals surface area contributed by atoms with Gasteiger partial charge in [0, 0.05) is 12.1 Å². The zero-order valence-electron chi connectivity index (χ0n) is 17.0. The van der Waals surface area contributed by atoms with Crippen LogP contribution in [0.15, 0.2) is 0 Å². The highest BCUT2D eigenvalue weighted by Crippen LogP contribution is 2.45. The molecule has 0 fully saturated rings. The highest BCUT2D eigenvalue weighted by molar-refractivity contribution is 7.44. The van der Waals surface area contributed by atoms with Crippen LogP contribution in [-0.2, 0) is 18.6 Å². The minimum Gasteiger partial charge on any atom is -0.468 e. The highest BCUT2D eigenvalue weighted by atomic mass is 31.2. The van der Waals surface area contributed by atoms with Crippen LogP contribution < -0.4 is 5.32 Å². The maximum Gasteiger partial charge on any atom is 0.319 e. The van der Waals surface area contributed by atoms with Crippen molar-refractivity contribution in [3.63, 3.8) is 0 Å². The normalized spacial score (nSPS) is 12.6. The molecule has 0 aromatic rings. The standard InChI is InChI=1S/C18H36N3O4P/c1-16(2)21(17(3)4)26(25-14-12-19-5)24-13-10-8-7-9-11-20-15-18(22)23-6/h16-17,20H,7-15H2,1-4,6H3. The van der Waals surface area contributed by atoms with Gasteiger partial charge in [-0.05, 0) is 47.1 Å². The molecule has 0 aliphatic carbocycles. The predicted octanol–water partition coefficient (Wildman–Crippen LogP) is 3.61. The number of carbonyl (C=O) groups is 1. The summed E-state index contributed by atoms with van der Waals surface area (Å²) < 4.78 is 18.7. The average molecular weight is 389 g/mol. The third kappa shape index (κ3) is 12.6. The van der Waals surface area contributed by atoms with E-state index < -0.39 is 8.53 Å². The predicted molar refractivity (Wildman–Crippen MR) is 106 cm³/mol. The molecule has 1 N–H and O–H groups in total. The molecule has 0 aromatic heterocycles. The van der Waals surface area contributed by atoms with Gasteiger partial charge in [0.15, 0.2) is 0 Å². The van der Waals surface area contributed by atoms with Crippen molar-refractivity contribution in [2.24, 2.45) is 0 Å². The van der Waals surface area contributed by atoms with E-state index in [1.165, 1.54) is 7.11 Å². The van der Waals surface area contributed by atoms with Gasteiger partial charge >= 0.3 is 5.97 Å². The zero-order chi connectivity index (χ0) is 19.8. The van der Waals surface area contributed by atoms with Crippen molar-refractivity contribution in [1.82, 2.24) is 9.99 Å². The fourth-order valence-electron chi connectivity index (χ4n) is 2.42. The third-order valence-electron chi connectivity index (χ3n) is 3.60. The first-order valence-electron chi connectivity index (χ1n) is 9.39. The first kappa shape index (κ1) is 25.2. The molecule has 0 aromatic carbocycles. The van der Waals surface area contributed by atoms with Crippen LogP contribution in [0.5, 0.6) is 0 Å². The summed E-state index contributed by atoms with van der Waals surface area (Å²) in [5.74, 6) is -0.232. The number of ether oxygens (including phenoxy) is 1. The molecule has 0 saturated heterocycles. The number of hydrogen-bond donors (Lipinski definition) is 1. The lowest BCUT2D eigenvalue weighted by molar-refractivity contribution is -0.139. The Bertz CT molecular complexity index is 394. The summed E-state index contributed by atoms with van der Waals surface area (Å²) in [7, 11) is 0.265. The second-order valence-electron chi connectivity index (χ2n) is 6.52. The van der Waals surface area contributed by atoms with Gasteiger partial charge in [0.2, 0.25) is 6.54 Å². The van der Waals surface area contributed by atoms with Gasteiger partial charge in [-0.1, -0.05) is 12.8 Å². The van der Waals surface area contributed by atoms with E-state index in [2.05, 4.69) is 47.3 Å². The van der Waals surface area contributed by atoms with Crippen molar-refractivity contribution in [3.8, 4) is 0 Å². The number of unbranched alkanes of at least 4 members (excludes halogenated alkanes) is 3. The summed E-state index contributed by atoms with van der Waals surface area (Å²) in [6.07, 6.45) is 4.17. The molecular formula is C18H36N3O4P. The van der Waals surface area contributed by atoms with Crippen LogP contribution in [0.1, 0.15) is 53.4 Å². The van der Waals surface area contributed by atoms with E-state index in [0.29, 0.717) is 31.8 Å². The van der Waals surface area contributed by atoms with E-state index in [4.69, 9.17) is 15.6 Å². The smallest absolute Gasteiger partial charge is 0.319 e. The summed E-state index contributed by atoms with van der Waals surface area (Å²) >= 11 is 0. The Balaban J connectivity index is 4.02. The number of nitrogens with one attached hydrogen (secondary N) is 1. The Morgan fingerprint density at radius 3 is 2.27 bits per heavy atom. The van der Waals surface area contributed by atoms with Crippen LogP contribution in [0.2, 0.25) is 0 Å². The quantitative estimate of drug-likeness (QED) is 0.188.